The number of pyridine rings is 1. The van der Waals surface area contributed by atoms with Crippen LogP contribution in [-0.2, 0) is 16.1 Å². The van der Waals surface area contributed by atoms with Crippen LogP contribution >= 0.6 is 0 Å². The molecule has 1 N–H and O–H groups in total. The number of nitrogens with zero attached hydrogens (tertiary/aromatic N) is 2. The van der Waals surface area contributed by atoms with Crippen molar-refractivity contribution in [2.24, 2.45) is 5.16 Å². The summed E-state index contributed by atoms with van der Waals surface area (Å²) in [6.07, 6.45) is 7.12. The van der Waals surface area contributed by atoms with Crippen LogP contribution in [0.3, 0.4) is 0 Å². The van der Waals surface area contributed by atoms with Gasteiger partial charge in [0.1, 0.15) is 18.1 Å². The molecular formula is C25H22N2O4. The molecule has 0 fully saturated rings. The maximum atomic E-state index is 10.8. The van der Waals surface area contributed by atoms with E-state index in [-0.39, 0.29) is 6.61 Å². The van der Waals surface area contributed by atoms with E-state index in [1.54, 1.807) is 18.5 Å². The number of oxime groups is 1. The highest BCUT2D eigenvalue weighted by molar-refractivity contribution is 6.12. The molecule has 156 valence electrons. The highest BCUT2D eigenvalue weighted by Crippen LogP contribution is 2.31. The van der Waals surface area contributed by atoms with Gasteiger partial charge in [0.05, 0.1) is 0 Å². The fourth-order valence-corrected chi connectivity index (χ4v) is 3.50. The van der Waals surface area contributed by atoms with Gasteiger partial charge in [-0.05, 0) is 42.2 Å². The topological polar surface area (TPSA) is 81.0 Å². The van der Waals surface area contributed by atoms with Gasteiger partial charge in [0, 0.05) is 29.1 Å². The summed E-state index contributed by atoms with van der Waals surface area (Å²) < 4.78 is 5.42. The fourth-order valence-electron chi connectivity index (χ4n) is 3.50. The number of carbonyl (C=O) groups is 1. The number of benzene rings is 2. The second kappa shape index (κ2) is 9.71. The molecule has 0 amide bonds. The summed E-state index contributed by atoms with van der Waals surface area (Å²) in [5.74, 6) is -0.365. The Morgan fingerprint density at radius 2 is 1.84 bits per heavy atom. The SMILES string of the molecule is O=C(O)COc1cccc2c1CCC(CO/N=C(/c1ccccc1)c1cccnc1)=C2. The van der Waals surface area contributed by atoms with Crippen LogP contribution in [0.1, 0.15) is 28.7 Å². The Balaban J connectivity index is 1.50. The highest BCUT2D eigenvalue weighted by Gasteiger charge is 2.16. The molecule has 1 aliphatic rings. The maximum absolute atomic E-state index is 10.8. The Hall–Kier alpha value is -3.93. The van der Waals surface area contributed by atoms with Gasteiger partial charge in [-0.2, -0.15) is 0 Å². The first-order valence-electron chi connectivity index (χ1n) is 10.0. The fraction of sp³-hybridized carbons (Fsp3) is 0.160. The molecule has 0 bridgehead atoms. The molecule has 1 aromatic heterocycles. The molecule has 0 spiro atoms. The van der Waals surface area contributed by atoms with Gasteiger partial charge >= 0.3 is 5.97 Å². The van der Waals surface area contributed by atoms with Gasteiger partial charge in [-0.15, -0.1) is 0 Å². The van der Waals surface area contributed by atoms with E-state index in [0.717, 1.165) is 46.4 Å². The van der Waals surface area contributed by atoms with Crippen LogP contribution in [-0.4, -0.2) is 35.0 Å². The number of hydrogen-bond acceptors (Lipinski definition) is 5. The van der Waals surface area contributed by atoms with Crippen LogP contribution in [0.15, 0.2) is 83.8 Å². The zero-order chi connectivity index (χ0) is 21.5. The molecule has 0 saturated heterocycles. The van der Waals surface area contributed by atoms with Gasteiger partial charge in [0.25, 0.3) is 0 Å². The van der Waals surface area contributed by atoms with Gasteiger partial charge < -0.3 is 14.7 Å². The van der Waals surface area contributed by atoms with E-state index < -0.39 is 5.97 Å². The van der Waals surface area contributed by atoms with Gasteiger partial charge in [0.15, 0.2) is 6.61 Å². The predicted molar refractivity (Wildman–Crippen MR) is 118 cm³/mol. The normalized spacial score (nSPS) is 13.2. The Labute approximate surface area is 180 Å². The Morgan fingerprint density at radius 1 is 1.00 bits per heavy atom. The van der Waals surface area contributed by atoms with Crippen molar-refractivity contribution in [3.63, 3.8) is 0 Å². The Kier molecular flexibility index (Phi) is 6.38. The van der Waals surface area contributed by atoms with E-state index in [2.05, 4.69) is 16.2 Å². The zero-order valence-electron chi connectivity index (χ0n) is 16.9. The highest BCUT2D eigenvalue weighted by atomic mass is 16.6. The van der Waals surface area contributed by atoms with Crippen LogP contribution in [0.2, 0.25) is 0 Å². The van der Waals surface area contributed by atoms with Crippen molar-refractivity contribution < 1.29 is 19.5 Å². The maximum Gasteiger partial charge on any atom is 0.341 e. The molecule has 4 rings (SSSR count). The van der Waals surface area contributed by atoms with Crippen LogP contribution < -0.4 is 4.74 Å². The largest absolute Gasteiger partial charge is 0.482 e. The zero-order valence-corrected chi connectivity index (χ0v) is 16.9. The van der Waals surface area contributed by atoms with Crippen LogP contribution in [0.5, 0.6) is 5.75 Å². The second-order valence-electron chi connectivity index (χ2n) is 7.13. The molecule has 0 radical (unpaired) electrons. The van der Waals surface area contributed by atoms with Gasteiger partial charge in [-0.3, -0.25) is 4.98 Å². The third-order valence-corrected chi connectivity index (χ3v) is 4.96. The van der Waals surface area contributed by atoms with E-state index in [1.165, 1.54) is 0 Å². The summed E-state index contributed by atoms with van der Waals surface area (Å²) in [5, 5.41) is 13.3. The first-order valence-corrected chi connectivity index (χ1v) is 10.0. The number of hydrogen-bond donors (Lipinski definition) is 1. The summed E-state index contributed by atoms with van der Waals surface area (Å²) in [7, 11) is 0. The van der Waals surface area contributed by atoms with E-state index >= 15 is 0 Å². The lowest BCUT2D eigenvalue weighted by atomic mass is 9.92. The lowest BCUT2D eigenvalue weighted by Gasteiger charge is -2.19. The third kappa shape index (κ3) is 5.17. The lowest BCUT2D eigenvalue weighted by Crippen LogP contribution is -2.12. The second-order valence-corrected chi connectivity index (χ2v) is 7.13. The minimum absolute atomic E-state index is 0.346. The summed E-state index contributed by atoms with van der Waals surface area (Å²) >= 11 is 0. The Bertz CT molecular complexity index is 1070. The number of fused-ring (bicyclic) bond motifs is 1. The predicted octanol–water partition coefficient (Wildman–Crippen LogP) is 4.34. The molecule has 0 aliphatic heterocycles. The molecular weight excluding hydrogens is 392 g/mol. The van der Waals surface area contributed by atoms with Crippen molar-refractivity contribution >= 4 is 17.8 Å². The lowest BCUT2D eigenvalue weighted by molar-refractivity contribution is -0.139. The minimum Gasteiger partial charge on any atom is -0.482 e. The van der Waals surface area contributed by atoms with Crippen LogP contribution in [0.25, 0.3) is 6.08 Å². The number of aromatic nitrogens is 1. The summed E-state index contributed by atoms with van der Waals surface area (Å²) in [5.41, 5.74) is 5.74. The summed E-state index contributed by atoms with van der Waals surface area (Å²) in [6.45, 7) is 0.0255. The number of carboxylic acids is 1. The monoisotopic (exact) mass is 414 g/mol. The first kappa shape index (κ1) is 20.3. The molecule has 2 aromatic carbocycles. The summed E-state index contributed by atoms with van der Waals surface area (Å²) in [4.78, 5) is 20.7. The molecule has 1 heterocycles. The minimum atomic E-state index is -0.987. The average Bonchev–Trinajstić information content (AvgIpc) is 2.81. The molecule has 1 aliphatic carbocycles. The van der Waals surface area contributed by atoms with Crippen molar-refractivity contribution in [3.8, 4) is 5.75 Å². The van der Waals surface area contributed by atoms with Gasteiger partial charge in [-0.25, -0.2) is 4.79 Å². The molecule has 0 unspecified atom stereocenters. The number of ether oxygens (including phenoxy) is 1. The number of aliphatic carboxylic acids is 1. The van der Waals surface area contributed by atoms with Gasteiger partial charge in [-0.1, -0.05) is 53.7 Å². The van der Waals surface area contributed by atoms with Crippen molar-refractivity contribution in [1.82, 2.24) is 4.98 Å². The molecule has 6 nitrogen and oxygen atoms in total. The third-order valence-electron chi connectivity index (χ3n) is 4.96. The van der Waals surface area contributed by atoms with E-state index in [4.69, 9.17) is 14.7 Å². The molecule has 3 aromatic rings. The molecule has 0 atom stereocenters. The standard InChI is InChI=1S/C25H22N2O4/c28-24(29)17-30-23-10-4-8-20-14-18(11-12-22(20)23)16-31-27-25(19-6-2-1-3-7-19)21-9-5-13-26-15-21/h1-10,13-15H,11-12,16-17H2,(H,28,29)/b27-25-. The Morgan fingerprint density at radius 3 is 2.61 bits per heavy atom. The average molecular weight is 414 g/mol. The van der Waals surface area contributed by atoms with E-state index in [9.17, 15) is 4.79 Å². The van der Waals surface area contributed by atoms with Crippen LogP contribution in [0.4, 0.5) is 0 Å². The molecule has 0 saturated carbocycles. The van der Waals surface area contributed by atoms with E-state index in [1.807, 2.05) is 54.6 Å². The first-order chi connectivity index (χ1) is 15.2. The van der Waals surface area contributed by atoms with Crippen LogP contribution in [0, 0.1) is 0 Å². The molecule has 31 heavy (non-hydrogen) atoms. The van der Waals surface area contributed by atoms with Crippen molar-refractivity contribution in [1.29, 1.82) is 0 Å². The quantitative estimate of drug-likeness (QED) is 0.438. The van der Waals surface area contributed by atoms with Gasteiger partial charge in [0.2, 0.25) is 0 Å². The van der Waals surface area contributed by atoms with Crippen molar-refractivity contribution in [3.05, 3.63) is 101 Å². The smallest absolute Gasteiger partial charge is 0.341 e. The number of carboxylic acid groups (broad SMARTS) is 1. The molecule has 6 heteroatoms. The van der Waals surface area contributed by atoms with Crippen molar-refractivity contribution in [2.45, 2.75) is 12.8 Å². The van der Waals surface area contributed by atoms with Crippen molar-refractivity contribution in [2.75, 3.05) is 13.2 Å². The van der Waals surface area contributed by atoms with E-state index in [0.29, 0.717) is 12.4 Å². The number of rotatable bonds is 8. The summed E-state index contributed by atoms with van der Waals surface area (Å²) in [6, 6.07) is 19.4.